The highest BCUT2D eigenvalue weighted by Gasteiger charge is 2.09. The molecule has 4 nitrogen and oxygen atoms in total. The second-order valence-corrected chi connectivity index (χ2v) is 5.13. The third-order valence-electron chi connectivity index (χ3n) is 3.23. The number of nitrogens with zero attached hydrogens (tertiary/aromatic N) is 3. The van der Waals surface area contributed by atoms with Crippen molar-refractivity contribution in [3.8, 4) is 22.8 Å². The summed E-state index contributed by atoms with van der Waals surface area (Å²) in [5.41, 5.74) is 3.76. The molecule has 0 radical (unpaired) electrons. The molecule has 2 aromatic heterocycles. The van der Waals surface area contributed by atoms with Gasteiger partial charge in [-0.1, -0.05) is 42.5 Å². The van der Waals surface area contributed by atoms with Gasteiger partial charge in [-0.2, -0.15) is 0 Å². The topological polar surface area (TPSA) is 54.5 Å². The molecule has 0 fully saturated rings. The van der Waals surface area contributed by atoms with Crippen molar-refractivity contribution in [2.24, 2.45) is 0 Å². The van der Waals surface area contributed by atoms with Crippen molar-refractivity contribution >= 4 is 12.2 Å². The van der Waals surface area contributed by atoms with Gasteiger partial charge in [0.15, 0.2) is 5.82 Å². The molecule has 0 atom stereocenters. The number of rotatable bonds is 2. The summed E-state index contributed by atoms with van der Waals surface area (Å²) in [5, 5.41) is 0. The molecule has 0 aliphatic heterocycles. The zero-order valence-corrected chi connectivity index (χ0v) is 12.6. The highest BCUT2D eigenvalue weighted by Crippen LogP contribution is 2.24. The summed E-state index contributed by atoms with van der Waals surface area (Å²) in [4.78, 5) is 16.3. The van der Waals surface area contributed by atoms with Crippen molar-refractivity contribution in [3.05, 3.63) is 58.6 Å². The Kier molecular flexibility index (Phi) is 3.58. The molecule has 0 saturated heterocycles. The number of aryl methyl sites for hydroxylation is 1. The van der Waals surface area contributed by atoms with Crippen molar-refractivity contribution in [1.29, 1.82) is 0 Å². The number of benzene rings is 1. The van der Waals surface area contributed by atoms with E-state index in [1.165, 1.54) is 0 Å². The van der Waals surface area contributed by atoms with Gasteiger partial charge in [0.1, 0.15) is 16.2 Å². The first-order valence-corrected chi connectivity index (χ1v) is 7.02. The van der Waals surface area contributed by atoms with E-state index in [2.05, 4.69) is 19.9 Å². The fourth-order valence-electron chi connectivity index (χ4n) is 2.14. The zero-order valence-electron chi connectivity index (χ0n) is 11.8. The molecular weight excluding hydrogens is 280 g/mol. The first-order valence-electron chi connectivity index (χ1n) is 6.61. The van der Waals surface area contributed by atoms with E-state index in [1.807, 2.05) is 50.2 Å². The van der Waals surface area contributed by atoms with Crippen LogP contribution in [0.3, 0.4) is 0 Å². The lowest BCUT2D eigenvalue weighted by Crippen LogP contribution is -1.99. The lowest BCUT2D eigenvalue weighted by molar-refractivity contribution is 1.03. The first kappa shape index (κ1) is 13.6. The van der Waals surface area contributed by atoms with E-state index < -0.39 is 0 Å². The Labute approximate surface area is 128 Å². The normalized spacial score (nSPS) is 10.6. The van der Waals surface area contributed by atoms with Crippen LogP contribution in [0, 0.1) is 18.5 Å². The van der Waals surface area contributed by atoms with Crippen LogP contribution in [0.1, 0.15) is 11.4 Å². The molecule has 104 valence electrons. The molecule has 0 unspecified atom stereocenters. The molecule has 3 rings (SSSR count). The van der Waals surface area contributed by atoms with E-state index >= 15 is 0 Å². The standard InChI is InChI=1S/C16H14N4S/c1-10-14(12-6-4-3-5-7-12)19-15(20-16(10)21)13-8-9-17-11(2)18-13/h3-9H,1-2H3,(H,19,20,21). The summed E-state index contributed by atoms with van der Waals surface area (Å²) in [6.07, 6.45) is 1.72. The van der Waals surface area contributed by atoms with E-state index in [4.69, 9.17) is 12.2 Å². The predicted molar refractivity (Wildman–Crippen MR) is 85.4 cm³/mol. The molecule has 5 heteroatoms. The van der Waals surface area contributed by atoms with Crippen molar-refractivity contribution < 1.29 is 0 Å². The van der Waals surface area contributed by atoms with Gasteiger partial charge in [0.05, 0.1) is 5.69 Å². The molecule has 0 bridgehead atoms. The summed E-state index contributed by atoms with van der Waals surface area (Å²) in [7, 11) is 0. The third-order valence-corrected chi connectivity index (χ3v) is 3.63. The van der Waals surface area contributed by atoms with Crippen LogP contribution in [0.5, 0.6) is 0 Å². The molecule has 1 N–H and O–H groups in total. The van der Waals surface area contributed by atoms with Crippen molar-refractivity contribution in [1.82, 2.24) is 19.9 Å². The molecular formula is C16H14N4S. The minimum absolute atomic E-state index is 0.582. The smallest absolute Gasteiger partial charge is 0.158 e. The monoisotopic (exact) mass is 294 g/mol. The molecule has 0 amide bonds. The highest BCUT2D eigenvalue weighted by molar-refractivity contribution is 7.71. The minimum atomic E-state index is 0.582. The van der Waals surface area contributed by atoms with Crippen LogP contribution in [0.25, 0.3) is 22.8 Å². The maximum atomic E-state index is 5.39. The average Bonchev–Trinajstić information content (AvgIpc) is 2.51. The summed E-state index contributed by atoms with van der Waals surface area (Å²) in [6, 6.07) is 11.9. The Balaban J connectivity index is 2.21. The number of aromatic amines is 1. The SMILES string of the molecule is Cc1nccc(-c2nc(=S)c(C)c(-c3ccccc3)[nH]2)n1. The van der Waals surface area contributed by atoms with Gasteiger partial charge in [0.2, 0.25) is 0 Å². The fraction of sp³-hybridized carbons (Fsp3) is 0.125. The molecule has 0 spiro atoms. The second-order valence-electron chi connectivity index (χ2n) is 4.75. The molecule has 21 heavy (non-hydrogen) atoms. The Morgan fingerprint density at radius 1 is 1.00 bits per heavy atom. The van der Waals surface area contributed by atoms with Gasteiger partial charge >= 0.3 is 0 Å². The van der Waals surface area contributed by atoms with E-state index in [-0.39, 0.29) is 0 Å². The molecule has 1 aromatic carbocycles. The van der Waals surface area contributed by atoms with Crippen molar-refractivity contribution in [2.75, 3.05) is 0 Å². The van der Waals surface area contributed by atoms with Gasteiger partial charge in [-0.3, -0.25) is 0 Å². The molecule has 3 aromatic rings. The van der Waals surface area contributed by atoms with Crippen LogP contribution < -0.4 is 0 Å². The van der Waals surface area contributed by atoms with Gasteiger partial charge in [0, 0.05) is 11.8 Å². The van der Waals surface area contributed by atoms with E-state index in [1.54, 1.807) is 6.20 Å². The molecule has 0 aliphatic carbocycles. The van der Waals surface area contributed by atoms with Gasteiger partial charge in [-0.25, -0.2) is 15.0 Å². The van der Waals surface area contributed by atoms with Crippen LogP contribution in [-0.2, 0) is 0 Å². The third kappa shape index (κ3) is 2.73. The number of hydrogen-bond acceptors (Lipinski definition) is 4. The lowest BCUT2D eigenvalue weighted by Gasteiger charge is -2.09. The number of aromatic nitrogens is 4. The molecule has 0 saturated carbocycles. The number of H-pyrrole nitrogens is 1. The summed E-state index contributed by atoms with van der Waals surface area (Å²) in [5.74, 6) is 1.37. The van der Waals surface area contributed by atoms with E-state index in [0.29, 0.717) is 16.3 Å². The van der Waals surface area contributed by atoms with Crippen LogP contribution in [0.2, 0.25) is 0 Å². The highest BCUT2D eigenvalue weighted by atomic mass is 32.1. The Bertz CT molecular complexity index is 840. The molecule has 0 aliphatic rings. The molecule has 2 heterocycles. The minimum Gasteiger partial charge on any atom is -0.338 e. The Morgan fingerprint density at radius 3 is 2.48 bits per heavy atom. The van der Waals surface area contributed by atoms with Crippen LogP contribution in [-0.4, -0.2) is 19.9 Å². The number of nitrogens with one attached hydrogen (secondary N) is 1. The summed E-state index contributed by atoms with van der Waals surface area (Å²) < 4.78 is 0.582. The van der Waals surface area contributed by atoms with Crippen LogP contribution >= 0.6 is 12.2 Å². The van der Waals surface area contributed by atoms with Crippen LogP contribution in [0.15, 0.2) is 42.6 Å². The first-order chi connectivity index (χ1) is 10.1. The predicted octanol–water partition coefficient (Wildman–Crippen LogP) is 3.88. The Hall–Kier alpha value is -2.40. The van der Waals surface area contributed by atoms with Gasteiger partial charge in [-0.15, -0.1) is 0 Å². The van der Waals surface area contributed by atoms with Gasteiger partial charge in [-0.05, 0) is 25.5 Å². The number of hydrogen-bond donors (Lipinski definition) is 1. The fourth-order valence-corrected chi connectivity index (χ4v) is 2.33. The Morgan fingerprint density at radius 2 is 1.76 bits per heavy atom. The quantitative estimate of drug-likeness (QED) is 0.729. The van der Waals surface area contributed by atoms with Gasteiger partial charge in [0.25, 0.3) is 0 Å². The maximum absolute atomic E-state index is 5.39. The van der Waals surface area contributed by atoms with E-state index in [9.17, 15) is 0 Å². The lowest BCUT2D eigenvalue weighted by atomic mass is 10.1. The van der Waals surface area contributed by atoms with Crippen molar-refractivity contribution in [2.45, 2.75) is 13.8 Å². The maximum Gasteiger partial charge on any atom is 0.158 e. The zero-order chi connectivity index (χ0) is 14.8. The summed E-state index contributed by atoms with van der Waals surface area (Å²) >= 11 is 5.39. The van der Waals surface area contributed by atoms with Crippen LogP contribution in [0.4, 0.5) is 0 Å². The van der Waals surface area contributed by atoms with E-state index in [0.717, 1.165) is 22.5 Å². The van der Waals surface area contributed by atoms with Crippen molar-refractivity contribution in [3.63, 3.8) is 0 Å². The average molecular weight is 294 g/mol. The van der Waals surface area contributed by atoms with Gasteiger partial charge < -0.3 is 4.98 Å². The largest absolute Gasteiger partial charge is 0.338 e. The summed E-state index contributed by atoms with van der Waals surface area (Å²) in [6.45, 7) is 3.83. The second kappa shape index (κ2) is 5.54.